The third kappa shape index (κ3) is 5.85. The van der Waals surface area contributed by atoms with Crippen LogP contribution in [0.3, 0.4) is 0 Å². The van der Waals surface area contributed by atoms with Gasteiger partial charge < -0.3 is 20.7 Å². The fourth-order valence-electron chi connectivity index (χ4n) is 2.85. The minimum absolute atomic E-state index is 0.00496. The van der Waals surface area contributed by atoms with E-state index in [1.165, 1.54) is 0 Å². The highest BCUT2D eigenvalue weighted by Crippen LogP contribution is 2.18. The molecule has 0 spiro atoms. The minimum atomic E-state index is -0.116. The second-order valence-corrected chi connectivity index (χ2v) is 6.02. The van der Waals surface area contributed by atoms with E-state index < -0.39 is 0 Å². The summed E-state index contributed by atoms with van der Waals surface area (Å²) < 4.78 is 5.60. The molecule has 1 aliphatic heterocycles. The van der Waals surface area contributed by atoms with Gasteiger partial charge in [0.05, 0.1) is 12.5 Å². The first-order valence-corrected chi connectivity index (χ1v) is 8.64. The van der Waals surface area contributed by atoms with E-state index in [-0.39, 0.29) is 17.7 Å². The van der Waals surface area contributed by atoms with Crippen LogP contribution in [-0.2, 0) is 9.59 Å². The number of rotatable bonds is 8. The number of nitrogens with zero attached hydrogens (tertiary/aromatic N) is 1. The Hall–Kier alpha value is -2.08. The predicted molar refractivity (Wildman–Crippen MR) is 92.5 cm³/mol. The monoisotopic (exact) mass is 333 g/mol. The zero-order valence-corrected chi connectivity index (χ0v) is 14.1. The number of likely N-dealkylation sites (tertiary alicyclic amines) is 1. The zero-order valence-electron chi connectivity index (χ0n) is 14.1. The van der Waals surface area contributed by atoms with Crippen LogP contribution < -0.4 is 15.8 Å². The van der Waals surface area contributed by atoms with Gasteiger partial charge in [-0.2, -0.15) is 0 Å². The Morgan fingerprint density at radius 3 is 2.83 bits per heavy atom. The highest BCUT2D eigenvalue weighted by atomic mass is 16.5. The van der Waals surface area contributed by atoms with Gasteiger partial charge in [0.1, 0.15) is 5.75 Å². The topological polar surface area (TPSA) is 84.7 Å². The molecule has 1 aliphatic rings. The van der Waals surface area contributed by atoms with Crippen molar-refractivity contribution in [1.29, 1.82) is 0 Å². The van der Waals surface area contributed by atoms with Gasteiger partial charge in [0.15, 0.2) is 0 Å². The number of benzene rings is 1. The van der Waals surface area contributed by atoms with Crippen molar-refractivity contribution in [2.24, 2.45) is 11.7 Å². The molecular weight excluding hydrogens is 306 g/mol. The molecular formula is C18H27N3O3. The van der Waals surface area contributed by atoms with Crippen molar-refractivity contribution in [3.8, 4) is 5.75 Å². The van der Waals surface area contributed by atoms with Crippen molar-refractivity contribution in [3.05, 3.63) is 30.3 Å². The van der Waals surface area contributed by atoms with Gasteiger partial charge in [-0.3, -0.25) is 9.59 Å². The summed E-state index contributed by atoms with van der Waals surface area (Å²) in [5, 5.41) is 2.81. The van der Waals surface area contributed by atoms with Crippen LogP contribution in [-0.4, -0.2) is 49.5 Å². The number of hydrogen-bond donors (Lipinski definition) is 2. The lowest BCUT2D eigenvalue weighted by atomic mass is 9.96. The number of carbonyl (C=O) groups excluding carboxylic acids is 2. The normalized spacial score (nSPS) is 17.4. The van der Waals surface area contributed by atoms with Gasteiger partial charge in [-0.25, -0.2) is 0 Å². The lowest BCUT2D eigenvalue weighted by Gasteiger charge is -2.32. The van der Waals surface area contributed by atoms with Gasteiger partial charge in [0, 0.05) is 32.6 Å². The Balaban J connectivity index is 1.68. The van der Waals surface area contributed by atoms with E-state index in [9.17, 15) is 9.59 Å². The van der Waals surface area contributed by atoms with Crippen molar-refractivity contribution in [2.75, 3.05) is 32.8 Å². The first kappa shape index (κ1) is 18.3. The van der Waals surface area contributed by atoms with E-state index in [1.807, 2.05) is 30.3 Å². The van der Waals surface area contributed by atoms with E-state index >= 15 is 0 Å². The van der Waals surface area contributed by atoms with Crippen LogP contribution >= 0.6 is 0 Å². The molecule has 0 saturated carbocycles. The Bertz CT molecular complexity index is 522. The third-order valence-electron chi connectivity index (χ3n) is 4.14. The molecule has 0 aromatic heterocycles. The van der Waals surface area contributed by atoms with E-state index in [0.29, 0.717) is 39.1 Å². The third-order valence-corrected chi connectivity index (χ3v) is 4.14. The summed E-state index contributed by atoms with van der Waals surface area (Å²) in [6.45, 7) is 2.68. The van der Waals surface area contributed by atoms with Crippen molar-refractivity contribution in [3.63, 3.8) is 0 Å². The van der Waals surface area contributed by atoms with Crippen LogP contribution in [0.2, 0.25) is 0 Å². The van der Waals surface area contributed by atoms with E-state index in [4.69, 9.17) is 10.5 Å². The number of para-hydroxylation sites is 1. The summed E-state index contributed by atoms with van der Waals surface area (Å²) in [5.41, 5.74) is 5.40. The molecule has 132 valence electrons. The fourth-order valence-corrected chi connectivity index (χ4v) is 2.85. The van der Waals surface area contributed by atoms with Gasteiger partial charge in [-0.05, 0) is 31.4 Å². The van der Waals surface area contributed by atoms with Gasteiger partial charge in [-0.1, -0.05) is 18.2 Å². The van der Waals surface area contributed by atoms with E-state index in [2.05, 4.69) is 5.32 Å². The molecule has 2 amide bonds. The quantitative estimate of drug-likeness (QED) is 0.699. The van der Waals surface area contributed by atoms with Crippen LogP contribution in [0.5, 0.6) is 5.75 Å². The molecule has 3 N–H and O–H groups in total. The minimum Gasteiger partial charge on any atom is -0.494 e. The predicted octanol–water partition coefficient (Wildman–Crippen LogP) is 1.16. The van der Waals surface area contributed by atoms with Crippen LogP contribution in [0, 0.1) is 5.92 Å². The molecule has 1 atom stereocenters. The summed E-state index contributed by atoms with van der Waals surface area (Å²) in [5.74, 6) is 0.808. The number of nitrogens with one attached hydrogen (secondary N) is 1. The molecule has 1 heterocycles. The molecule has 24 heavy (non-hydrogen) atoms. The molecule has 1 unspecified atom stereocenters. The maximum absolute atomic E-state index is 12.3. The van der Waals surface area contributed by atoms with E-state index in [0.717, 1.165) is 25.1 Å². The van der Waals surface area contributed by atoms with Crippen LogP contribution in [0.25, 0.3) is 0 Å². The molecule has 0 bridgehead atoms. The summed E-state index contributed by atoms with van der Waals surface area (Å²) in [7, 11) is 0. The Morgan fingerprint density at radius 1 is 1.29 bits per heavy atom. The number of hydrogen-bond acceptors (Lipinski definition) is 4. The molecule has 0 aliphatic carbocycles. The Kier molecular flexibility index (Phi) is 7.55. The molecule has 2 rings (SSSR count). The molecule has 6 heteroatoms. The van der Waals surface area contributed by atoms with E-state index in [1.54, 1.807) is 4.90 Å². The van der Waals surface area contributed by atoms with Gasteiger partial charge in [-0.15, -0.1) is 0 Å². The summed E-state index contributed by atoms with van der Waals surface area (Å²) in [4.78, 5) is 26.1. The van der Waals surface area contributed by atoms with Crippen LogP contribution in [0.4, 0.5) is 0 Å². The number of carbonyl (C=O) groups is 2. The Morgan fingerprint density at radius 2 is 2.08 bits per heavy atom. The zero-order chi connectivity index (χ0) is 17.2. The molecule has 1 saturated heterocycles. The number of piperidine rings is 1. The average Bonchev–Trinajstić information content (AvgIpc) is 2.64. The average molecular weight is 333 g/mol. The Labute approximate surface area is 143 Å². The van der Waals surface area contributed by atoms with Gasteiger partial charge >= 0.3 is 0 Å². The lowest BCUT2D eigenvalue weighted by Crippen LogP contribution is -2.46. The molecule has 6 nitrogen and oxygen atoms in total. The number of amides is 2. The van der Waals surface area contributed by atoms with Crippen molar-refractivity contribution >= 4 is 11.8 Å². The van der Waals surface area contributed by atoms with Crippen molar-refractivity contribution in [1.82, 2.24) is 10.2 Å². The number of ether oxygens (including phenoxy) is 1. The largest absolute Gasteiger partial charge is 0.494 e. The second kappa shape index (κ2) is 9.93. The first-order valence-electron chi connectivity index (χ1n) is 8.64. The highest BCUT2D eigenvalue weighted by molar-refractivity contribution is 5.81. The van der Waals surface area contributed by atoms with Crippen LogP contribution in [0.1, 0.15) is 25.7 Å². The highest BCUT2D eigenvalue weighted by Gasteiger charge is 2.27. The first-order chi connectivity index (χ1) is 11.7. The van der Waals surface area contributed by atoms with Gasteiger partial charge in [0.25, 0.3) is 0 Å². The fraction of sp³-hybridized carbons (Fsp3) is 0.556. The lowest BCUT2D eigenvalue weighted by molar-refractivity contribution is -0.135. The summed E-state index contributed by atoms with van der Waals surface area (Å²) >= 11 is 0. The second-order valence-electron chi connectivity index (χ2n) is 6.02. The van der Waals surface area contributed by atoms with Crippen molar-refractivity contribution in [2.45, 2.75) is 25.7 Å². The number of nitrogens with two attached hydrogens (primary N) is 1. The maximum Gasteiger partial charge on any atom is 0.224 e. The summed E-state index contributed by atoms with van der Waals surface area (Å²) in [6, 6.07) is 9.58. The molecule has 0 radical (unpaired) electrons. The summed E-state index contributed by atoms with van der Waals surface area (Å²) in [6.07, 6.45) is 2.82. The van der Waals surface area contributed by atoms with Crippen molar-refractivity contribution < 1.29 is 14.3 Å². The van der Waals surface area contributed by atoms with Gasteiger partial charge in [0.2, 0.25) is 11.8 Å². The molecule has 1 aromatic rings. The molecule has 1 fully saturated rings. The van der Waals surface area contributed by atoms with Crippen LogP contribution in [0.15, 0.2) is 30.3 Å². The smallest absolute Gasteiger partial charge is 0.224 e. The standard InChI is InChI=1S/C18H27N3O3/c19-10-11-20-18(23)15-6-4-12-21(14-15)17(22)9-5-13-24-16-7-2-1-3-8-16/h1-3,7-8,15H,4-6,9-14,19H2,(H,20,23). The maximum atomic E-state index is 12.3. The SMILES string of the molecule is NCCNC(=O)C1CCCN(C(=O)CCCOc2ccccc2)C1. The molecule has 1 aromatic carbocycles.